The molecule has 3 nitrogen and oxygen atoms in total. The van der Waals surface area contributed by atoms with Crippen molar-refractivity contribution in [2.24, 2.45) is 0 Å². The predicted molar refractivity (Wildman–Crippen MR) is 59.7 cm³/mol. The minimum Gasteiger partial charge on any atom is -0.497 e. The van der Waals surface area contributed by atoms with E-state index >= 15 is 0 Å². The van der Waals surface area contributed by atoms with Crippen LogP contribution in [0.25, 0.3) is 4.98 Å². The van der Waals surface area contributed by atoms with Gasteiger partial charge in [-0.2, -0.15) is 0 Å². The summed E-state index contributed by atoms with van der Waals surface area (Å²) in [4.78, 5) is 4.04. The molecule has 0 saturated carbocycles. The number of ether oxygens (including phenoxy) is 1. The molecular weight excluding hydrogens is 259 g/mol. The highest BCUT2D eigenvalue weighted by molar-refractivity contribution is 7.98. The summed E-state index contributed by atoms with van der Waals surface area (Å²) in [5, 5.41) is 8.58. The highest BCUT2D eigenvalue weighted by atomic mass is 32.2. The van der Waals surface area contributed by atoms with Crippen LogP contribution in [0.2, 0.25) is 0 Å². The Balaban J connectivity index is 0.000000437. The van der Waals surface area contributed by atoms with Crippen LogP contribution < -0.4 is 4.74 Å². The third-order valence-electron chi connectivity index (χ3n) is 1.49. The second kappa shape index (κ2) is 7.01. The number of nitrogens with zero attached hydrogens (tertiary/aromatic N) is 2. The van der Waals surface area contributed by atoms with Crippen LogP contribution in [0, 0.1) is 5.39 Å². The third-order valence-corrected chi connectivity index (χ3v) is 2.26. The first kappa shape index (κ1) is 15.6. The molecule has 0 radical (unpaired) electrons. The Hall–Kier alpha value is -1.43. The van der Waals surface area contributed by atoms with Crippen LogP contribution in [0.3, 0.4) is 0 Å². The van der Waals surface area contributed by atoms with Gasteiger partial charge in [0.1, 0.15) is 10.6 Å². The van der Waals surface area contributed by atoms with E-state index in [1.807, 2.05) is 12.3 Å². The molecule has 1 aromatic carbocycles. The summed E-state index contributed by atoms with van der Waals surface area (Å²) in [6.45, 7) is 0. The van der Waals surface area contributed by atoms with E-state index in [9.17, 15) is 17.3 Å². The summed E-state index contributed by atoms with van der Waals surface area (Å²) in [6, 6.07) is 5.30. The topological polar surface area (TPSA) is 37.4 Å². The Labute approximate surface area is 99.9 Å². The van der Waals surface area contributed by atoms with Gasteiger partial charge in [-0.05, 0) is 12.3 Å². The molecule has 9 heteroatoms. The highest BCUT2D eigenvalue weighted by Gasteiger charge is 2.20. The Morgan fingerprint density at radius 2 is 1.82 bits per heavy atom. The largest absolute Gasteiger partial charge is 0.673 e. The summed E-state index contributed by atoms with van der Waals surface area (Å²) in [7, 11) is -4.39. The summed E-state index contributed by atoms with van der Waals surface area (Å²) in [5.74, 6) is 0.770. The molecule has 0 fully saturated rings. The van der Waals surface area contributed by atoms with E-state index in [4.69, 9.17) is 10.1 Å². The van der Waals surface area contributed by atoms with E-state index < -0.39 is 7.25 Å². The Morgan fingerprint density at radius 1 is 1.29 bits per heavy atom. The summed E-state index contributed by atoms with van der Waals surface area (Å²) in [5.41, 5.74) is 0.573. The molecule has 1 rings (SSSR count). The van der Waals surface area contributed by atoms with Gasteiger partial charge in [-0.1, -0.05) is 0 Å². The van der Waals surface area contributed by atoms with Gasteiger partial charge in [0.15, 0.2) is 4.98 Å². The van der Waals surface area contributed by atoms with Gasteiger partial charge in [-0.25, -0.2) is 0 Å². The quantitative estimate of drug-likeness (QED) is 0.349. The lowest BCUT2D eigenvalue weighted by molar-refractivity contribution is 0.368. The molecule has 0 bridgehead atoms. The minimum absolute atomic E-state index is 0.573. The minimum atomic E-state index is -6.00. The Bertz CT molecular complexity index is 401. The van der Waals surface area contributed by atoms with E-state index in [0.717, 1.165) is 10.6 Å². The molecule has 0 heterocycles. The van der Waals surface area contributed by atoms with Gasteiger partial charge in [-0.3, -0.25) is 0 Å². The summed E-state index contributed by atoms with van der Waals surface area (Å²) >= 11 is 1.52. The standard InChI is InChI=1S/C8H9N2OS.BF4/c1-11-6-3-4-7(10-9)8(5-6)12-2;2-1(3,4)5/h3-5H,1-2H3;/q+1;-1. The number of rotatable bonds is 2. The molecule has 1 aromatic rings. The number of benzene rings is 1. The highest BCUT2D eigenvalue weighted by Crippen LogP contribution is 2.31. The van der Waals surface area contributed by atoms with Gasteiger partial charge in [-0.15, -0.1) is 11.8 Å². The number of methoxy groups -OCH3 is 1. The SMILES string of the molecule is COc1ccc([N+]#N)c(SC)c1.F[B-](F)(F)F. The molecule has 0 aliphatic heterocycles. The van der Waals surface area contributed by atoms with E-state index in [1.54, 1.807) is 19.2 Å². The normalized spacial score (nSPS) is 9.94. The molecule has 0 saturated heterocycles. The van der Waals surface area contributed by atoms with Crippen molar-refractivity contribution in [2.75, 3.05) is 13.4 Å². The molecule has 0 unspecified atom stereocenters. The molecule has 0 aromatic heterocycles. The third kappa shape index (κ3) is 7.46. The van der Waals surface area contributed by atoms with Crippen LogP contribution in [0.4, 0.5) is 23.0 Å². The first-order valence-electron chi connectivity index (χ1n) is 4.26. The van der Waals surface area contributed by atoms with Crippen LogP contribution in [-0.2, 0) is 0 Å². The van der Waals surface area contributed by atoms with Crippen molar-refractivity contribution in [3.8, 4) is 5.75 Å². The lowest BCUT2D eigenvalue weighted by atomic mass is 10.3. The lowest BCUT2D eigenvalue weighted by Gasteiger charge is -1.98. The van der Waals surface area contributed by atoms with Gasteiger partial charge < -0.3 is 22.0 Å². The average molecular weight is 268 g/mol. The van der Waals surface area contributed by atoms with Crippen molar-refractivity contribution >= 4 is 24.7 Å². The molecule has 0 spiro atoms. The van der Waals surface area contributed by atoms with Crippen LogP contribution in [0.1, 0.15) is 0 Å². The van der Waals surface area contributed by atoms with E-state index in [0.29, 0.717) is 5.69 Å². The smallest absolute Gasteiger partial charge is 0.497 e. The molecular formula is C8H9BF4N2OS. The van der Waals surface area contributed by atoms with E-state index in [-0.39, 0.29) is 0 Å². The van der Waals surface area contributed by atoms with Crippen molar-refractivity contribution in [1.29, 1.82) is 5.39 Å². The maximum Gasteiger partial charge on any atom is 0.673 e. The fourth-order valence-corrected chi connectivity index (χ4v) is 1.42. The monoisotopic (exact) mass is 268 g/mol. The number of halogens is 4. The molecule has 0 N–H and O–H groups in total. The second-order valence-corrected chi connectivity index (χ2v) is 3.48. The van der Waals surface area contributed by atoms with Crippen LogP contribution in [0.5, 0.6) is 5.75 Å². The van der Waals surface area contributed by atoms with Crippen molar-refractivity contribution < 1.29 is 22.0 Å². The van der Waals surface area contributed by atoms with Crippen molar-refractivity contribution in [3.05, 3.63) is 23.2 Å². The number of thioether (sulfide) groups is 1. The van der Waals surface area contributed by atoms with Crippen LogP contribution >= 0.6 is 11.8 Å². The Kier molecular flexibility index (Phi) is 6.42. The zero-order chi connectivity index (χ0) is 13.5. The molecule has 0 atom stereocenters. The molecule has 0 aliphatic carbocycles. The van der Waals surface area contributed by atoms with Crippen LogP contribution in [0.15, 0.2) is 23.1 Å². The zero-order valence-electron chi connectivity index (χ0n) is 9.03. The van der Waals surface area contributed by atoms with Gasteiger partial charge >= 0.3 is 12.9 Å². The first-order chi connectivity index (χ1) is 7.81. The lowest BCUT2D eigenvalue weighted by Crippen LogP contribution is -2.02. The van der Waals surface area contributed by atoms with Crippen molar-refractivity contribution in [2.45, 2.75) is 4.90 Å². The van der Waals surface area contributed by atoms with Gasteiger partial charge in [0, 0.05) is 12.1 Å². The maximum atomic E-state index is 9.75. The van der Waals surface area contributed by atoms with E-state index in [1.165, 1.54) is 11.8 Å². The van der Waals surface area contributed by atoms with Crippen LogP contribution in [-0.4, -0.2) is 20.6 Å². The number of hydrogen-bond donors (Lipinski definition) is 0. The van der Waals surface area contributed by atoms with Crippen molar-refractivity contribution in [1.82, 2.24) is 0 Å². The fourth-order valence-electron chi connectivity index (χ4n) is 0.868. The average Bonchev–Trinajstić information content (AvgIpc) is 2.25. The molecule has 0 aliphatic rings. The summed E-state index contributed by atoms with van der Waals surface area (Å²) in [6.07, 6.45) is 1.92. The van der Waals surface area contributed by atoms with Gasteiger partial charge in [0.2, 0.25) is 5.39 Å². The van der Waals surface area contributed by atoms with E-state index in [2.05, 4.69) is 4.98 Å². The predicted octanol–water partition coefficient (Wildman–Crippen LogP) is 4.20. The summed E-state index contributed by atoms with van der Waals surface area (Å²) < 4.78 is 44.0. The second-order valence-electron chi connectivity index (χ2n) is 2.63. The number of hydrogen-bond acceptors (Lipinski definition) is 3. The first-order valence-corrected chi connectivity index (χ1v) is 5.48. The zero-order valence-corrected chi connectivity index (χ0v) is 9.85. The molecule has 17 heavy (non-hydrogen) atoms. The Morgan fingerprint density at radius 3 is 2.18 bits per heavy atom. The van der Waals surface area contributed by atoms with Gasteiger partial charge in [0.05, 0.1) is 7.11 Å². The van der Waals surface area contributed by atoms with Gasteiger partial charge in [0.25, 0.3) is 0 Å². The maximum absolute atomic E-state index is 9.75. The number of diazo groups is 1. The fraction of sp³-hybridized carbons (Fsp3) is 0.250. The molecule has 0 amide bonds. The molecule has 94 valence electrons. The van der Waals surface area contributed by atoms with Crippen molar-refractivity contribution in [3.63, 3.8) is 0 Å².